The highest BCUT2D eigenvalue weighted by Gasteiger charge is 2.24. The summed E-state index contributed by atoms with van der Waals surface area (Å²) in [5.74, 6) is -1.76. The van der Waals surface area contributed by atoms with Crippen molar-refractivity contribution >= 4 is 27.5 Å². The van der Waals surface area contributed by atoms with Gasteiger partial charge in [-0.05, 0) is 34.8 Å². The van der Waals surface area contributed by atoms with Crippen LogP contribution in [0.2, 0.25) is 0 Å². The number of anilines is 1. The van der Waals surface area contributed by atoms with Crippen molar-refractivity contribution in [3.05, 3.63) is 28.2 Å². The fourth-order valence-corrected chi connectivity index (χ4v) is 1.93. The molecule has 0 saturated carbocycles. The predicted octanol–water partition coefficient (Wildman–Crippen LogP) is 2.84. The van der Waals surface area contributed by atoms with Crippen LogP contribution in [0.15, 0.2) is 16.6 Å². The van der Waals surface area contributed by atoms with Crippen LogP contribution in [0, 0.1) is 11.6 Å². The molecule has 1 heterocycles. The van der Waals surface area contributed by atoms with Crippen molar-refractivity contribution in [3.63, 3.8) is 0 Å². The molecular formula is C11H10BrF2NO2. The van der Waals surface area contributed by atoms with Gasteiger partial charge in [-0.1, -0.05) is 0 Å². The van der Waals surface area contributed by atoms with Gasteiger partial charge in [0.2, 0.25) is 0 Å². The standard InChI is InChI=1S/C11H10BrF2NO2/c12-6-4-8(14)9(5-7(6)13)15-11(16)10-2-1-3-17-10/h4-5,10H,1-3H2,(H,15,16). The lowest BCUT2D eigenvalue weighted by Crippen LogP contribution is -2.27. The van der Waals surface area contributed by atoms with Gasteiger partial charge < -0.3 is 10.1 Å². The molecule has 2 rings (SSSR count). The molecule has 17 heavy (non-hydrogen) atoms. The number of amides is 1. The van der Waals surface area contributed by atoms with Gasteiger partial charge >= 0.3 is 0 Å². The summed E-state index contributed by atoms with van der Waals surface area (Å²) in [6.45, 7) is 0.523. The summed E-state index contributed by atoms with van der Waals surface area (Å²) in [6, 6.07) is 1.91. The number of hydrogen-bond donors (Lipinski definition) is 1. The number of hydrogen-bond acceptors (Lipinski definition) is 2. The minimum Gasteiger partial charge on any atom is -0.368 e. The molecule has 1 aromatic carbocycles. The lowest BCUT2D eigenvalue weighted by Gasteiger charge is -2.11. The second-order valence-electron chi connectivity index (χ2n) is 3.74. The molecule has 3 nitrogen and oxygen atoms in total. The molecular weight excluding hydrogens is 296 g/mol. The highest BCUT2D eigenvalue weighted by Crippen LogP contribution is 2.24. The summed E-state index contributed by atoms with van der Waals surface area (Å²) in [5.41, 5.74) is -0.175. The molecule has 6 heteroatoms. The largest absolute Gasteiger partial charge is 0.368 e. The van der Waals surface area contributed by atoms with Crippen molar-refractivity contribution in [1.29, 1.82) is 0 Å². The fraction of sp³-hybridized carbons (Fsp3) is 0.364. The van der Waals surface area contributed by atoms with Gasteiger partial charge in [-0.15, -0.1) is 0 Å². The zero-order chi connectivity index (χ0) is 12.4. The monoisotopic (exact) mass is 305 g/mol. The predicted molar refractivity (Wildman–Crippen MR) is 61.7 cm³/mol. The van der Waals surface area contributed by atoms with E-state index in [1.807, 2.05) is 0 Å². The fourth-order valence-electron chi connectivity index (χ4n) is 1.62. The topological polar surface area (TPSA) is 38.3 Å². The first-order valence-electron chi connectivity index (χ1n) is 5.15. The highest BCUT2D eigenvalue weighted by atomic mass is 79.9. The zero-order valence-corrected chi connectivity index (χ0v) is 10.4. The Morgan fingerprint density at radius 1 is 1.41 bits per heavy atom. The van der Waals surface area contributed by atoms with Crippen molar-refractivity contribution < 1.29 is 18.3 Å². The van der Waals surface area contributed by atoms with Crippen LogP contribution in [0.4, 0.5) is 14.5 Å². The third-order valence-corrected chi connectivity index (χ3v) is 3.10. The van der Waals surface area contributed by atoms with Gasteiger partial charge in [-0.3, -0.25) is 4.79 Å². The maximum Gasteiger partial charge on any atom is 0.253 e. The zero-order valence-electron chi connectivity index (χ0n) is 8.80. The Balaban J connectivity index is 2.12. The Hall–Kier alpha value is -1.01. The lowest BCUT2D eigenvalue weighted by molar-refractivity contribution is -0.124. The smallest absolute Gasteiger partial charge is 0.253 e. The first-order valence-corrected chi connectivity index (χ1v) is 5.94. The molecule has 1 atom stereocenters. The summed E-state index contributed by atoms with van der Waals surface area (Å²) in [4.78, 5) is 11.6. The highest BCUT2D eigenvalue weighted by molar-refractivity contribution is 9.10. The van der Waals surface area contributed by atoms with Crippen LogP contribution >= 0.6 is 15.9 Å². The van der Waals surface area contributed by atoms with Gasteiger partial charge in [0.1, 0.15) is 17.7 Å². The van der Waals surface area contributed by atoms with Crippen LogP contribution in [0.3, 0.4) is 0 Å². The van der Waals surface area contributed by atoms with E-state index < -0.39 is 23.6 Å². The van der Waals surface area contributed by atoms with Gasteiger partial charge in [-0.25, -0.2) is 8.78 Å². The van der Waals surface area contributed by atoms with Gasteiger partial charge in [0.25, 0.3) is 5.91 Å². The number of rotatable bonds is 2. The molecule has 1 unspecified atom stereocenters. The van der Waals surface area contributed by atoms with Crippen molar-refractivity contribution in [3.8, 4) is 0 Å². The van der Waals surface area contributed by atoms with Crippen LogP contribution in [0.1, 0.15) is 12.8 Å². The normalized spacial score (nSPS) is 19.4. The van der Waals surface area contributed by atoms with E-state index >= 15 is 0 Å². The molecule has 1 amide bonds. The molecule has 1 N–H and O–H groups in total. The van der Waals surface area contributed by atoms with Gasteiger partial charge in [0, 0.05) is 12.7 Å². The number of nitrogens with one attached hydrogen (secondary N) is 1. The maximum absolute atomic E-state index is 13.4. The Morgan fingerprint density at radius 3 is 2.82 bits per heavy atom. The summed E-state index contributed by atoms with van der Waals surface area (Å²) in [5, 5.41) is 2.32. The summed E-state index contributed by atoms with van der Waals surface area (Å²) in [6.07, 6.45) is 0.836. The molecule has 92 valence electrons. The molecule has 1 saturated heterocycles. The van der Waals surface area contributed by atoms with E-state index in [4.69, 9.17) is 4.74 Å². The minimum atomic E-state index is -0.690. The average molecular weight is 306 g/mol. The lowest BCUT2D eigenvalue weighted by atomic mass is 10.2. The van der Waals surface area contributed by atoms with Crippen molar-refractivity contribution in [2.24, 2.45) is 0 Å². The van der Waals surface area contributed by atoms with Crippen LogP contribution < -0.4 is 5.32 Å². The van der Waals surface area contributed by atoms with E-state index in [0.717, 1.165) is 18.6 Å². The molecule has 0 bridgehead atoms. The third-order valence-electron chi connectivity index (χ3n) is 2.49. The van der Waals surface area contributed by atoms with Crippen LogP contribution in [0.25, 0.3) is 0 Å². The molecule has 0 aliphatic carbocycles. The van der Waals surface area contributed by atoms with E-state index in [1.165, 1.54) is 0 Å². The van der Waals surface area contributed by atoms with E-state index in [2.05, 4.69) is 21.2 Å². The number of halogens is 3. The number of carbonyl (C=O) groups is 1. The van der Waals surface area contributed by atoms with Crippen LogP contribution in [0.5, 0.6) is 0 Å². The van der Waals surface area contributed by atoms with E-state index in [1.54, 1.807) is 0 Å². The van der Waals surface area contributed by atoms with Gasteiger partial charge in [0.15, 0.2) is 0 Å². The quantitative estimate of drug-likeness (QED) is 0.853. The number of benzene rings is 1. The molecule has 0 aromatic heterocycles. The van der Waals surface area contributed by atoms with Crippen molar-refractivity contribution in [2.75, 3.05) is 11.9 Å². The van der Waals surface area contributed by atoms with Crippen molar-refractivity contribution in [1.82, 2.24) is 0 Å². The number of ether oxygens (including phenoxy) is 1. The van der Waals surface area contributed by atoms with E-state index in [0.29, 0.717) is 13.0 Å². The van der Waals surface area contributed by atoms with Gasteiger partial charge in [0.05, 0.1) is 10.2 Å². The molecule has 0 radical (unpaired) electrons. The second-order valence-corrected chi connectivity index (χ2v) is 4.59. The van der Waals surface area contributed by atoms with E-state index in [-0.39, 0.29) is 10.2 Å². The third kappa shape index (κ3) is 2.81. The Kier molecular flexibility index (Phi) is 3.73. The Labute approximate surface area is 105 Å². The Bertz CT molecular complexity index is 447. The summed E-state index contributed by atoms with van der Waals surface area (Å²) in [7, 11) is 0. The van der Waals surface area contributed by atoms with E-state index in [9.17, 15) is 13.6 Å². The molecule has 1 aromatic rings. The summed E-state index contributed by atoms with van der Waals surface area (Å²) < 4.78 is 31.8. The first kappa shape index (κ1) is 12.4. The molecule has 0 spiro atoms. The second kappa shape index (κ2) is 5.10. The van der Waals surface area contributed by atoms with Gasteiger partial charge in [-0.2, -0.15) is 0 Å². The molecule has 1 fully saturated rings. The minimum absolute atomic E-state index is 0.0186. The van der Waals surface area contributed by atoms with Crippen molar-refractivity contribution in [2.45, 2.75) is 18.9 Å². The first-order chi connectivity index (χ1) is 8.08. The average Bonchev–Trinajstić information content (AvgIpc) is 2.79. The molecule has 1 aliphatic rings. The maximum atomic E-state index is 13.4. The van der Waals surface area contributed by atoms with Crippen LogP contribution in [-0.2, 0) is 9.53 Å². The summed E-state index contributed by atoms with van der Waals surface area (Å²) >= 11 is 2.86. The Morgan fingerprint density at radius 2 is 2.18 bits per heavy atom. The molecule has 1 aliphatic heterocycles. The number of carbonyl (C=O) groups excluding carboxylic acids is 1. The van der Waals surface area contributed by atoms with Crippen LogP contribution in [-0.4, -0.2) is 18.6 Å². The SMILES string of the molecule is O=C(Nc1cc(F)c(Br)cc1F)C1CCCO1.